The SMILES string of the molecule is Cc1cc(=O)c(O)c(CN2CC[C@H](c3ccccc3)C2)o1. The predicted octanol–water partition coefficient (Wildman–Crippen LogP) is 2.64. The van der Waals surface area contributed by atoms with Crippen LogP contribution in [0.2, 0.25) is 0 Å². The maximum Gasteiger partial charge on any atom is 0.227 e. The molecule has 1 aromatic heterocycles. The Kier molecular flexibility index (Phi) is 3.80. The fraction of sp³-hybridized carbons (Fsp3) is 0.353. The van der Waals surface area contributed by atoms with Crippen molar-refractivity contribution in [3.8, 4) is 5.75 Å². The Labute approximate surface area is 123 Å². The summed E-state index contributed by atoms with van der Waals surface area (Å²) in [6.45, 7) is 4.06. The number of likely N-dealkylation sites (tertiary alicyclic amines) is 1. The van der Waals surface area contributed by atoms with Gasteiger partial charge >= 0.3 is 0 Å². The smallest absolute Gasteiger partial charge is 0.227 e. The van der Waals surface area contributed by atoms with Gasteiger partial charge in [-0.3, -0.25) is 9.69 Å². The zero-order chi connectivity index (χ0) is 14.8. The number of rotatable bonds is 3. The van der Waals surface area contributed by atoms with E-state index in [-0.39, 0.29) is 11.2 Å². The van der Waals surface area contributed by atoms with E-state index in [1.807, 2.05) is 6.07 Å². The molecular weight excluding hydrogens is 266 g/mol. The molecule has 3 rings (SSSR count). The van der Waals surface area contributed by atoms with Crippen LogP contribution in [-0.2, 0) is 6.54 Å². The van der Waals surface area contributed by atoms with E-state index in [1.165, 1.54) is 11.6 Å². The second-order valence-corrected chi connectivity index (χ2v) is 5.62. The molecule has 1 aliphatic heterocycles. The first-order valence-electron chi connectivity index (χ1n) is 7.23. The van der Waals surface area contributed by atoms with Gasteiger partial charge in [-0.15, -0.1) is 0 Å². The summed E-state index contributed by atoms with van der Waals surface area (Å²) >= 11 is 0. The van der Waals surface area contributed by atoms with Crippen LogP contribution in [0.15, 0.2) is 45.6 Å². The molecule has 1 saturated heterocycles. The lowest BCUT2D eigenvalue weighted by atomic mass is 9.99. The second-order valence-electron chi connectivity index (χ2n) is 5.62. The predicted molar refractivity (Wildman–Crippen MR) is 80.5 cm³/mol. The zero-order valence-corrected chi connectivity index (χ0v) is 12.1. The van der Waals surface area contributed by atoms with Crippen LogP contribution >= 0.6 is 0 Å². The third-order valence-corrected chi connectivity index (χ3v) is 4.03. The molecule has 1 N–H and O–H groups in total. The Morgan fingerprint density at radius 2 is 2.10 bits per heavy atom. The summed E-state index contributed by atoms with van der Waals surface area (Å²) in [4.78, 5) is 13.8. The minimum absolute atomic E-state index is 0.260. The Hall–Kier alpha value is -2.07. The quantitative estimate of drug-likeness (QED) is 0.942. The van der Waals surface area contributed by atoms with E-state index in [0.29, 0.717) is 24.0 Å². The van der Waals surface area contributed by atoms with Crippen molar-refractivity contribution in [3.63, 3.8) is 0 Å². The van der Waals surface area contributed by atoms with Gasteiger partial charge in [-0.1, -0.05) is 30.3 Å². The minimum Gasteiger partial charge on any atom is -0.502 e. The average Bonchev–Trinajstić information content (AvgIpc) is 2.94. The molecule has 1 atom stereocenters. The van der Waals surface area contributed by atoms with E-state index >= 15 is 0 Å². The van der Waals surface area contributed by atoms with Crippen molar-refractivity contribution in [1.29, 1.82) is 0 Å². The van der Waals surface area contributed by atoms with Gasteiger partial charge in [0.05, 0.1) is 6.54 Å². The first-order valence-corrected chi connectivity index (χ1v) is 7.23. The topological polar surface area (TPSA) is 53.7 Å². The van der Waals surface area contributed by atoms with E-state index in [2.05, 4.69) is 29.2 Å². The summed E-state index contributed by atoms with van der Waals surface area (Å²) in [7, 11) is 0. The Morgan fingerprint density at radius 1 is 1.33 bits per heavy atom. The molecule has 2 heterocycles. The van der Waals surface area contributed by atoms with Crippen LogP contribution in [0.5, 0.6) is 5.75 Å². The Morgan fingerprint density at radius 3 is 2.86 bits per heavy atom. The third-order valence-electron chi connectivity index (χ3n) is 4.03. The number of aryl methyl sites for hydroxylation is 1. The molecule has 1 aliphatic rings. The second kappa shape index (κ2) is 5.74. The van der Waals surface area contributed by atoms with Crippen LogP contribution in [0, 0.1) is 6.92 Å². The van der Waals surface area contributed by atoms with Crippen molar-refractivity contribution < 1.29 is 9.52 Å². The molecule has 1 fully saturated rings. The van der Waals surface area contributed by atoms with E-state index in [4.69, 9.17) is 4.42 Å². The number of benzene rings is 1. The van der Waals surface area contributed by atoms with Crippen molar-refractivity contribution in [2.45, 2.75) is 25.8 Å². The standard InChI is InChI=1S/C17H19NO3/c1-12-9-15(19)17(20)16(21-12)11-18-8-7-14(10-18)13-5-3-2-4-6-13/h2-6,9,14,20H,7-8,10-11H2,1H3/t14-/m0/s1. The molecule has 4 heteroatoms. The molecule has 0 amide bonds. The van der Waals surface area contributed by atoms with Crippen molar-refractivity contribution in [2.24, 2.45) is 0 Å². The monoisotopic (exact) mass is 285 g/mol. The molecular formula is C17H19NO3. The molecule has 0 radical (unpaired) electrons. The van der Waals surface area contributed by atoms with Crippen LogP contribution < -0.4 is 5.43 Å². The average molecular weight is 285 g/mol. The largest absolute Gasteiger partial charge is 0.502 e. The number of hydrogen-bond acceptors (Lipinski definition) is 4. The van der Waals surface area contributed by atoms with Gasteiger partial charge in [0.25, 0.3) is 0 Å². The molecule has 0 aliphatic carbocycles. The molecule has 1 aromatic carbocycles. The first kappa shape index (κ1) is 13.9. The maximum atomic E-state index is 11.6. The van der Waals surface area contributed by atoms with Gasteiger partial charge in [0.1, 0.15) is 5.76 Å². The van der Waals surface area contributed by atoms with Crippen molar-refractivity contribution in [2.75, 3.05) is 13.1 Å². The van der Waals surface area contributed by atoms with Crippen LogP contribution in [0.1, 0.15) is 29.4 Å². The summed E-state index contributed by atoms with van der Waals surface area (Å²) < 4.78 is 5.50. The van der Waals surface area contributed by atoms with E-state index in [9.17, 15) is 9.90 Å². The number of aromatic hydroxyl groups is 1. The lowest BCUT2D eigenvalue weighted by molar-refractivity contribution is 0.273. The Bertz CT molecular complexity index is 678. The molecule has 2 aromatic rings. The highest BCUT2D eigenvalue weighted by atomic mass is 16.4. The van der Waals surface area contributed by atoms with Crippen molar-refractivity contribution in [3.05, 3.63) is 63.7 Å². The number of nitrogens with zero attached hydrogens (tertiary/aromatic N) is 1. The Balaban J connectivity index is 1.72. The highest BCUT2D eigenvalue weighted by molar-refractivity contribution is 5.25. The normalized spacial score (nSPS) is 19.0. The summed E-state index contributed by atoms with van der Waals surface area (Å²) in [6, 6.07) is 11.8. The van der Waals surface area contributed by atoms with Gasteiger partial charge in [-0.25, -0.2) is 0 Å². The zero-order valence-electron chi connectivity index (χ0n) is 12.1. The third kappa shape index (κ3) is 3.00. The number of hydrogen-bond donors (Lipinski definition) is 1. The van der Waals surface area contributed by atoms with Crippen LogP contribution in [0.3, 0.4) is 0 Å². The van der Waals surface area contributed by atoms with Crippen LogP contribution in [0.25, 0.3) is 0 Å². The molecule has 4 nitrogen and oxygen atoms in total. The summed E-state index contributed by atoms with van der Waals surface area (Å²) in [6.07, 6.45) is 1.08. The lowest BCUT2D eigenvalue weighted by Crippen LogP contribution is -2.21. The fourth-order valence-corrected chi connectivity index (χ4v) is 2.95. The van der Waals surface area contributed by atoms with E-state index < -0.39 is 0 Å². The molecule has 0 bridgehead atoms. The van der Waals surface area contributed by atoms with Gasteiger partial charge in [0.15, 0.2) is 5.76 Å². The van der Waals surface area contributed by atoms with Gasteiger partial charge in [-0.2, -0.15) is 0 Å². The van der Waals surface area contributed by atoms with Gasteiger partial charge < -0.3 is 9.52 Å². The molecule has 0 unspecified atom stereocenters. The van der Waals surface area contributed by atoms with Gasteiger partial charge in [-0.05, 0) is 31.4 Å². The maximum absolute atomic E-state index is 11.6. The first-order chi connectivity index (χ1) is 10.1. The van der Waals surface area contributed by atoms with E-state index in [0.717, 1.165) is 19.5 Å². The molecule has 0 saturated carbocycles. The van der Waals surface area contributed by atoms with Gasteiger partial charge in [0, 0.05) is 12.6 Å². The summed E-state index contributed by atoms with van der Waals surface area (Å²) in [5, 5.41) is 9.83. The minimum atomic E-state index is -0.368. The lowest BCUT2D eigenvalue weighted by Gasteiger charge is -2.16. The van der Waals surface area contributed by atoms with Crippen LogP contribution in [-0.4, -0.2) is 23.1 Å². The van der Waals surface area contributed by atoms with Crippen LogP contribution in [0.4, 0.5) is 0 Å². The summed E-state index contributed by atoms with van der Waals surface area (Å²) in [5.74, 6) is 1.15. The van der Waals surface area contributed by atoms with E-state index in [1.54, 1.807) is 6.92 Å². The highest BCUT2D eigenvalue weighted by Crippen LogP contribution is 2.28. The molecule has 0 spiro atoms. The van der Waals surface area contributed by atoms with Gasteiger partial charge in [0.2, 0.25) is 11.2 Å². The van der Waals surface area contributed by atoms with Crippen molar-refractivity contribution in [1.82, 2.24) is 4.90 Å². The molecule has 110 valence electrons. The highest BCUT2D eigenvalue weighted by Gasteiger charge is 2.25. The fourth-order valence-electron chi connectivity index (χ4n) is 2.95. The summed E-state index contributed by atoms with van der Waals surface area (Å²) in [5.41, 5.74) is 0.975. The van der Waals surface area contributed by atoms with Crippen molar-refractivity contribution >= 4 is 0 Å². The molecule has 21 heavy (non-hydrogen) atoms.